The molecule has 3 rings (SSSR count). The van der Waals surface area contributed by atoms with Gasteiger partial charge < -0.3 is 10.4 Å². The monoisotopic (exact) mass is 316 g/mol. The molecular formula is C18H24N2O3. The quantitative estimate of drug-likeness (QED) is 0.808. The zero-order valence-electron chi connectivity index (χ0n) is 13.5. The lowest BCUT2D eigenvalue weighted by Crippen LogP contribution is -2.55. The number of hydrogen-bond donors (Lipinski definition) is 2. The third-order valence-corrected chi connectivity index (χ3v) is 4.88. The number of aryl methyl sites for hydroxylation is 1. The first kappa shape index (κ1) is 16.0. The van der Waals surface area contributed by atoms with E-state index in [1.807, 2.05) is 31.2 Å². The van der Waals surface area contributed by atoms with Crippen LogP contribution < -0.4 is 5.32 Å². The van der Waals surface area contributed by atoms with Crippen molar-refractivity contribution in [3.63, 3.8) is 0 Å². The van der Waals surface area contributed by atoms with E-state index in [4.69, 9.17) is 5.11 Å². The summed E-state index contributed by atoms with van der Waals surface area (Å²) in [5.74, 6) is -0.119. The number of carbonyl (C=O) groups is 2. The number of carboxylic acid groups (broad SMARTS) is 1. The third kappa shape index (κ3) is 4.10. The van der Waals surface area contributed by atoms with Gasteiger partial charge in [0, 0.05) is 24.2 Å². The van der Waals surface area contributed by atoms with E-state index in [9.17, 15) is 9.59 Å². The standard InChI is InChI=1S/C18H24N2O3/c1-12-4-2-3-5-16(12)18(23)19-14-8-15(9-14)20(11-17(21)22)10-13-6-7-13/h2-5,13-15H,6-11H2,1H3,(H,19,23)(H,21,22). The first-order valence-electron chi connectivity index (χ1n) is 8.35. The van der Waals surface area contributed by atoms with Gasteiger partial charge in [0.05, 0.1) is 6.54 Å². The number of nitrogens with one attached hydrogen (secondary N) is 1. The Balaban J connectivity index is 1.50. The highest BCUT2D eigenvalue weighted by Gasteiger charge is 2.37. The molecule has 1 amide bonds. The van der Waals surface area contributed by atoms with E-state index in [2.05, 4.69) is 10.2 Å². The predicted molar refractivity (Wildman–Crippen MR) is 87.4 cm³/mol. The Morgan fingerprint density at radius 2 is 1.96 bits per heavy atom. The molecule has 2 aliphatic carbocycles. The van der Waals surface area contributed by atoms with Gasteiger partial charge in [0.25, 0.3) is 5.91 Å². The number of benzene rings is 1. The summed E-state index contributed by atoms with van der Waals surface area (Å²) >= 11 is 0. The van der Waals surface area contributed by atoms with Crippen LogP contribution >= 0.6 is 0 Å². The van der Waals surface area contributed by atoms with Crippen molar-refractivity contribution in [3.05, 3.63) is 35.4 Å². The van der Waals surface area contributed by atoms with Crippen molar-refractivity contribution in [2.75, 3.05) is 13.1 Å². The molecule has 23 heavy (non-hydrogen) atoms. The summed E-state index contributed by atoms with van der Waals surface area (Å²) in [5.41, 5.74) is 1.69. The summed E-state index contributed by atoms with van der Waals surface area (Å²) in [4.78, 5) is 25.4. The van der Waals surface area contributed by atoms with Crippen molar-refractivity contribution in [1.29, 1.82) is 0 Å². The number of amides is 1. The topological polar surface area (TPSA) is 69.6 Å². The van der Waals surface area contributed by atoms with Crippen molar-refractivity contribution in [3.8, 4) is 0 Å². The Bertz CT molecular complexity index is 592. The number of carboxylic acids is 1. The van der Waals surface area contributed by atoms with E-state index in [1.165, 1.54) is 12.8 Å². The summed E-state index contributed by atoms with van der Waals surface area (Å²) < 4.78 is 0. The molecule has 0 spiro atoms. The van der Waals surface area contributed by atoms with Crippen molar-refractivity contribution >= 4 is 11.9 Å². The van der Waals surface area contributed by atoms with Gasteiger partial charge in [-0.05, 0) is 50.2 Å². The molecule has 0 radical (unpaired) electrons. The molecule has 0 atom stereocenters. The van der Waals surface area contributed by atoms with E-state index in [0.29, 0.717) is 5.92 Å². The maximum Gasteiger partial charge on any atom is 0.317 e. The van der Waals surface area contributed by atoms with Crippen LogP contribution in [0.1, 0.15) is 41.6 Å². The summed E-state index contributed by atoms with van der Waals surface area (Å²) in [6.45, 7) is 2.93. The first-order valence-corrected chi connectivity index (χ1v) is 8.35. The predicted octanol–water partition coefficient (Wildman–Crippen LogP) is 2.05. The lowest BCUT2D eigenvalue weighted by Gasteiger charge is -2.42. The fraction of sp³-hybridized carbons (Fsp3) is 0.556. The normalized spacial score (nSPS) is 23.4. The average Bonchev–Trinajstić information content (AvgIpc) is 3.25. The fourth-order valence-electron chi connectivity index (χ4n) is 3.24. The van der Waals surface area contributed by atoms with Gasteiger partial charge in [0.1, 0.15) is 0 Å². The minimum atomic E-state index is -0.766. The van der Waals surface area contributed by atoms with Gasteiger partial charge in [-0.2, -0.15) is 0 Å². The van der Waals surface area contributed by atoms with Crippen LogP contribution in [0.3, 0.4) is 0 Å². The highest BCUT2D eigenvalue weighted by Crippen LogP contribution is 2.33. The number of hydrogen-bond acceptors (Lipinski definition) is 3. The number of rotatable bonds is 7. The van der Waals surface area contributed by atoms with E-state index < -0.39 is 5.97 Å². The maximum absolute atomic E-state index is 12.3. The molecule has 1 aromatic rings. The van der Waals surface area contributed by atoms with Gasteiger partial charge in [0.15, 0.2) is 0 Å². The molecule has 0 aromatic heterocycles. The zero-order chi connectivity index (χ0) is 16.4. The van der Waals surface area contributed by atoms with Crippen LogP contribution in [0.2, 0.25) is 0 Å². The fourth-order valence-corrected chi connectivity index (χ4v) is 3.24. The van der Waals surface area contributed by atoms with E-state index in [1.54, 1.807) is 0 Å². The first-order chi connectivity index (χ1) is 11.0. The second-order valence-corrected chi connectivity index (χ2v) is 6.88. The van der Waals surface area contributed by atoms with Crippen LogP contribution in [0.5, 0.6) is 0 Å². The molecule has 0 bridgehead atoms. The largest absolute Gasteiger partial charge is 0.480 e. The number of aliphatic carboxylic acids is 1. The highest BCUT2D eigenvalue weighted by molar-refractivity contribution is 5.95. The maximum atomic E-state index is 12.3. The Morgan fingerprint density at radius 3 is 2.57 bits per heavy atom. The van der Waals surface area contributed by atoms with Crippen molar-refractivity contribution in [2.45, 2.75) is 44.7 Å². The molecule has 124 valence electrons. The van der Waals surface area contributed by atoms with Crippen molar-refractivity contribution in [2.24, 2.45) is 5.92 Å². The Kier molecular flexibility index (Phi) is 4.66. The second kappa shape index (κ2) is 6.71. The van der Waals surface area contributed by atoms with Gasteiger partial charge in [-0.15, -0.1) is 0 Å². The van der Waals surface area contributed by atoms with Crippen molar-refractivity contribution < 1.29 is 14.7 Å². The van der Waals surface area contributed by atoms with E-state index in [0.717, 1.165) is 30.5 Å². The molecule has 0 heterocycles. The molecule has 0 unspecified atom stereocenters. The van der Waals surface area contributed by atoms with Gasteiger partial charge in [0.2, 0.25) is 0 Å². The van der Waals surface area contributed by atoms with Crippen LogP contribution in [0, 0.1) is 12.8 Å². The summed E-state index contributed by atoms with van der Waals surface area (Å²) in [6.07, 6.45) is 4.13. The van der Waals surface area contributed by atoms with Crippen LogP contribution in [-0.2, 0) is 4.79 Å². The molecule has 2 aliphatic rings. The lowest BCUT2D eigenvalue weighted by atomic mass is 9.85. The van der Waals surface area contributed by atoms with Crippen LogP contribution in [0.4, 0.5) is 0 Å². The summed E-state index contributed by atoms with van der Waals surface area (Å²) in [5, 5.41) is 12.1. The molecule has 2 N–H and O–H groups in total. The minimum Gasteiger partial charge on any atom is -0.480 e. The lowest BCUT2D eigenvalue weighted by molar-refractivity contribution is -0.139. The van der Waals surface area contributed by atoms with Gasteiger partial charge in [-0.25, -0.2) is 0 Å². The summed E-state index contributed by atoms with van der Waals surface area (Å²) in [6, 6.07) is 8.01. The van der Waals surface area contributed by atoms with Gasteiger partial charge in [-0.3, -0.25) is 14.5 Å². The SMILES string of the molecule is Cc1ccccc1C(=O)NC1CC(N(CC(=O)O)CC2CC2)C1. The minimum absolute atomic E-state index is 0.0291. The molecule has 0 aliphatic heterocycles. The van der Waals surface area contributed by atoms with Crippen LogP contribution in [0.25, 0.3) is 0 Å². The molecule has 1 aromatic carbocycles. The van der Waals surface area contributed by atoms with E-state index in [-0.39, 0.29) is 24.5 Å². The average molecular weight is 316 g/mol. The summed E-state index contributed by atoms with van der Waals surface area (Å²) in [7, 11) is 0. The molecular weight excluding hydrogens is 292 g/mol. The number of carbonyl (C=O) groups excluding carboxylic acids is 1. The smallest absolute Gasteiger partial charge is 0.317 e. The Morgan fingerprint density at radius 1 is 1.26 bits per heavy atom. The van der Waals surface area contributed by atoms with Gasteiger partial charge in [-0.1, -0.05) is 18.2 Å². The number of nitrogens with zero attached hydrogens (tertiary/aromatic N) is 1. The molecule has 5 nitrogen and oxygen atoms in total. The van der Waals surface area contributed by atoms with Crippen LogP contribution in [-0.4, -0.2) is 47.1 Å². The third-order valence-electron chi connectivity index (χ3n) is 4.88. The Hall–Kier alpha value is -1.88. The molecule has 2 saturated carbocycles. The highest BCUT2D eigenvalue weighted by atomic mass is 16.4. The van der Waals surface area contributed by atoms with Crippen LogP contribution in [0.15, 0.2) is 24.3 Å². The molecule has 0 saturated heterocycles. The molecule has 2 fully saturated rings. The van der Waals surface area contributed by atoms with Gasteiger partial charge >= 0.3 is 5.97 Å². The zero-order valence-corrected chi connectivity index (χ0v) is 13.5. The Labute approximate surface area is 136 Å². The van der Waals surface area contributed by atoms with Crippen molar-refractivity contribution in [1.82, 2.24) is 10.2 Å². The molecule has 5 heteroatoms. The van der Waals surface area contributed by atoms with E-state index >= 15 is 0 Å². The second-order valence-electron chi connectivity index (χ2n) is 6.88.